The zero-order valence-electron chi connectivity index (χ0n) is 22.7. The monoisotopic (exact) mass is 569 g/mol. The predicted molar refractivity (Wildman–Crippen MR) is 148 cm³/mol. The van der Waals surface area contributed by atoms with Crippen LogP contribution in [0.15, 0.2) is 0 Å². The van der Waals surface area contributed by atoms with E-state index in [4.69, 9.17) is 16.3 Å². The molecule has 2 amide bonds. The third kappa shape index (κ3) is 5.22. The number of carbonyl (C=O) groups excluding carboxylic acids is 2. The number of likely N-dealkylation sites (N-methyl/N-ethyl adjacent to an activating group) is 1. The normalized spacial score (nSPS) is 47.2. The van der Waals surface area contributed by atoms with Crippen molar-refractivity contribution in [3.8, 4) is 0 Å². The second-order valence-electron chi connectivity index (χ2n) is 12.3. The number of rotatable bonds is 5. The van der Waals surface area contributed by atoms with Gasteiger partial charge in [0.2, 0.25) is 11.8 Å². The van der Waals surface area contributed by atoms with Crippen LogP contribution in [0.3, 0.4) is 0 Å². The molecule has 214 valence electrons. The maximum atomic E-state index is 13.6. The number of carbonyl (C=O) groups is 2. The quantitative estimate of drug-likeness (QED) is 0.232. The van der Waals surface area contributed by atoms with Crippen LogP contribution in [0.4, 0.5) is 0 Å². The van der Waals surface area contributed by atoms with E-state index in [1.165, 1.54) is 6.42 Å². The molecule has 10 nitrogen and oxygen atoms in total. The van der Waals surface area contributed by atoms with Gasteiger partial charge < -0.3 is 20.3 Å². The first kappa shape index (κ1) is 27.5. The van der Waals surface area contributed by atoms with Crippen molar-refractivity contribution in [2.45, 2.75) is 85.5 Å². The van der Waals surface area contributed by atoms with Crippen molar-refractivity contribution < 1.29 is 14.3 Å². The van der Waals surface area contributed by atoms with Crippen LogP contribution in [0.25, 0.3) is 0 Å². The molecule has 5 heterocycles. The summed E-state index contributed by atoms with van der Waals surface area (Å²) in [7, 11) is 3.77. The molecule has 12 atom stereocenters. The lowest BCUT2D eigenvalue weighted by Crippen LogP contribution is -2.57. The van der Waals surface area contributed by atoms with Crippen molar-refractivity contribution in [1.29, 1.82) is 0 Å². The number of thioether (sulfide) groups is 1. The van der Waals surface area contributed by atoms with E-state index < -0.39 is 0 Å². The average Bonchev–Trinajstić information content (AvgIpc) is 3.64. The van der Waals surface area contributed by atoms with Crippen molar-refractivity contribution in [1.82, 2.24) is 36.6 Å². The highest BCUT2D eigenvalue weighted by molar-refractivity contribution is 8.00. The van der Waals surface area contributed by atoms with E-state index >= 15 is 0 Å². The Labute approximate surface area is 235 Å². The molecule has 6 aliphatic rings. The first-order valence-corrected chi connectivity index (χ1v) is 15.8. The smallest absolute Gasteiger partial charge is 0.241 e. The van der Waals surface area contributed by atoms with Gasteiger partial charge in [0.05, 0.1) is 17.5 Å². The summed E-state index contributed by atoms with van der Waals surface area (Å²) >= 11 is 8.25. The maximum absolute atomic E-state index is 13.6. The lowest BCUT2D eigenvalue weighted by Gasteiger charge is -2.45. The van der Waals surface area contributed by atoms with Crippen LogP contribution in [-0.2, 0) is 14.3 Å². The summed E-state index contributed by atoms with van der Waals surface area (Å²) in [5.41, 5.74) is 3.30. The molecule has 12 unspecified atom stereocenters. The molecular weight excluding hydrogens is 526 g/mol. The first-order valence-electron chi connectivity index (χ1n) is 14.5. The summed E-state index contributed by atoms with van der Waals surface area (Å²) in [6.07, 6.45) is 5.30. The van der Waals surface area contributed by atoms with E-state index in [1.807, 2.05) is 17.0 Å². The van der Waals surface area contributed by atoms with Crippen molar-refractivity contribution in [3.63, 3.8) is 0 Å². The highest BCUT2D eigenvalue weighted by Crippen LogP contribution is 2.40. The van der Waals surface area contributed by atoms with Gasteiger partial charge >= 0.3 is 0 Å². The molecule has 12 heteroatoms. The van der Waals surface area contributed by atoms with E-state index in [9.17, 15) is 9.59 Å². The van der Waals surface area contributed by atoms with Gasteiger partial charge in [-0.3, -0.25) is 25.6 Å². The highest BCUT2D eigenvalue weighted by atomic mass is 35.5. The number of methoxy groups -OCH3 is 1. The SMILES string of the molecule is COC1CNC(Cl)CC1C1CC(C)NCC1C(=O)NC1NC2CN(C(=O)C3C4CCCC4NN3C)CC2S1. The minimum Gasteiger partial charge on any atom is -0.380 e. The van der Waals surface area contributed by atoms with Crippen LogP contribution in [0.5, 0.6) is 0 Å². The molecule has 0 aromatic carbocycles. The number of halogens is 1. The minimum atomic E-state index is -0.128. The van der Waals surface area contributed by atoms with E-state index in [1.54, 1.807) is 18.9 Å². The van der Waals surface area contributed by atoms with Crippen LogP contribution >= 0.6 is 23.4 Å². The molecule has 0 aromatic rings. The maximum Gasteiger partial charge on any atom is 0.241 e. The van der Waals surface area contributed by atoms with Crippen molar-refractivity contribution in [3.05, 3.63) is 0 Å². The summed E-state index contributed by atoms with van der Waals surface area (Å²) in [6.45, 7) is 5.02. The van der Waals surface area contributed by atoms with Crippen LogP contribution in [0.1, 0.15) is 39.0 Å². The van der Waals surface area contributed by atoms with Crippen molar-refractivity contribution >= 4 is 35.2 Å². The van der Waals surface area contributed by atoms with Gasteiger partial charge in [0, 0.05) is 69.6 Å². The number of ether oxygens (including phenoxy) is 1. The lowest BCUT2D eigenvalue weighted by atomic mass is 9.70. The Morgan fingerprint density at radius 1 is 1.05 bits per heavy atom. The Morgan fingerprint density at radius 2 is 1.89 bits per heavy atom. The fourth-order valence-electron chi connectivity index (χ4n) is 8.14. The van der Waals surface area contributed by atoms with Crippen LogP contribution < -0.4 is 26.7 Å². The highest BCUT2D eigenvalue weighted by Gasteiger charge is 2.51. The van der Waals surface area contributed by atoms with Gasteiger partial charge in [0.25, 0.3) is 0 Å². The Bertz CT molecular complexity index is 889. The summed E-state index contributed by atoms with van der Waals surface area (Å²) in [6, 6.07) is 0.954. The Hall–Kier alpha value is -0.660. The molecule has 6 rings (SSSR count). The number of likely N-dealkylation sites (tertiary alicyclic amines) is 1. The second kappa shape index (κ2) is 11.3. The van der Waals surface area contributed by atoms with Gasteiger partial charge in [-0.2, -0.15) is 0 Å². The summed E-state index contributed by atoms with van der Waals surface area (Å²) < 4.78 is 5.82. The lowest BCUT2D eigenvalue weighted by molar-refractivity contribution is -0.136. The molecule has 6 fully saturated rings. The van der Waals surface area contributed by atoms with E-state index in [-0.39, 0.29) is 58.8 Å². The number of fused-ring (bicyclic) bond motifs is 2. The fourth-order valence-corrected chi connectivity index (χ4v) is 9.84. The summed E-state index contributed by atoms with van der Waals surface area (Å²) in [4.78, 5) is 29.2. The molecule has 0 spiro atoms. The van der Waals surface area contributed by atoms with Gasteiger partial charge in [0.1, 0.15) is 11.5 Å². The molecule has 5 aliphatic heterocycles. The van der Waals surface area contributed by atoms with Gasteiger partial charge in [-0.1, -0.05) is 6.42 Å². The summed E-state index contributed by atoms with van der Waals surface area (Å²) in [5.74, 6) is 1.11. The van der Waals surface area contributed by atoms with E-state index in [2.05, 4.69) is 33.6 Å². The van der Waals surface area contributed by atoms with Crippen LogP contribution in [0, 0.1) is 23.7 Å². The molecule has 0 bridgehead atoms. The Morgan fingerprint density at radius 3 is 2.68 bits per heavy atom. The third-order valence-corrected chi connectivity index (χ3v) is 11.7. The molecule has 0 aromatic heterocycles. The zero-order valence-corrected chi connectivity index (χ0v) is 24.3. The van der Waals surface area contributed by atoms with Gasteiger partial charge in [-0.25, -0.2) is 5.01 Å². The summed E-state index contributed by atoms with van der Waals surface area (Å²) in [5, 5.41) is 16.1. The number of piperidine rings is 2. The molecule has 5 N–H and O–H groups in total. The molecule has 1 aliphatic carbocycles. The molecule has 0 radical (unpaired) electrons. The van der Waals surface area contributed by atoms with E-state index in [0.29, 0.717) is 42.9 Å². The predicted octanol–water partition coefficient (Wildman–Crippen LogP) is 0.0929. The average molecular weight is 570 g/mol. The Balaban J connectivity index is 1.05. The fraction of sp³-hybridized carbons (Fsp3) is 0.923. The number of nitrogens with zero attached hydrogens (tertiary/aromatic N) is 2. The van der Waals surface area contributed by atoms with Gasteiger partial charge in [0.15, 0.2) is 0 Å². The number of nitrogens with one attached hydrogen (secondary N) is 5. The number of amides is 2. The molecule has 5 saturated heterocycles. The third-order valence-electron chi connectivity index (χ3n) is 10.1. The second-order valence-corrected chi connectivity index (χ2v) is 14.2. The van der Waals surface area contributed by atoms with Crippen molar-refractivity contribution in [2.24, 2.45) is 23.7 Å². The van der Waals surface area contributed by atoms with Crippen LogP contribution in [0.2, 0.25) is 0 Å². The number of hydrogen-bond donors (Lipinski definition) is 5. The Kier molecular flexibility index (Phi) is 8.19. The number of hydrogen-bond acceptors (Lipinski definition) is 9. The van der Waals surface area contributed by atoms with E-state index in [0.717, 1.165) is 32.2 Å². The number of alkyl halides is 1. The minimum absolute atomic E-state index is 0.0570. The zero-order chi connectivity index (χ0) is 26.6. The first-order chi connectivity index (χ1) is 18.3. The van der Waals surface area contributed by atoms with Crippen LogP contribution in [-0.4, -0.2) is 109 Å². The topological polar surface area (TPSA) is 110 Å². The van der Waals surface area contributed by atoms with Gasteiger partial charge in [-0.15, -0.1) is 23.4 Å². The number of hydrazine groups is 1. The van der Waals surface area contributed by atoms with Crippen molar-refractivity contribution in [2.75, 3.05) is 40.3 Å². The van der Waals surface area contributed by atoms with Gasteiger partial charge in [-0.05, 0) is 44.4 Å². The molecule has 38 heavy (non-hydrogen) atoms. The largest absolute Gasteiger partial charge is 0.380 e. The molecule has 1 saturated carbocycles. The molecular formula is C26H44ClN7O3S. The standard InChI is InChI=1S/C26H44ClN7O3S/c1-13-7-15(16-8-22(27)29-10-20(16)37-3)17(9-28-13)24(35)31-26-30-19-11-34(12-21(19)38-26)25(36)23-14-5-4-6-18(14)32-33(23)2/h13-23,26,28-30,32H,4-12H2,1-3H3,(H,31,35).